The molecule has 3 rings (SSSR count). The Labute approximate surface area is 155 Å². The zero-order valence-electron chi connectivity index (χ0n) is 14.5. The van der Waals surface area contributed by atoms with E-state index in [-0.39, 0.29) is 23.9 Å². The largest absolute Gasteiger partial charge is 0.346 e. The number of anilines is 1. The number of benzene rings is 1. The van der Waals surface area contributed by atoms with Crippen molar-refractivity contribution in [2.24, 2.45) is 11.7 Å². The number of rotatable bonds is 7. The van der Waals surface area contributed by atoms with E-state index in [9.17, 15) is 18.4 Å². The summed E-state index contributed by atoms with van der Waals surface area (Å²) in [5.41, 5.74) is 8.46. The van der Waals surface area contributed by atoms with Gasteiger partial charge in [0, 0.05) is 35.5 Å². The van der Waals surface area contributed by atoms with Crippen molar-refractivity contribution >= 4 is 17.5 Å². The number of carbonyl (C=O) groups is 2. The molecule has 27 heavy (non-hydrogen) atoms. The Morgan fingerprint density at radius 3 is 2.67 bits per heavy atom. The first kappa shape index (κ1) is 18.9. The number of pyridine rings is 1. The van der Waals surface area contributed by atoms with Crippen LogP contribution in [0.5, 0.6) is 0 Å². The zero-order valence-corrected chi connectivity index (χ0v) is 14.5. The highest BCUT2D eigenvalue weighted by Crippen LogP contribution is 2.30. The van der Waals surface area contributed by atoms with Crippen LogP contribution in [-0.2, 0) is 11.3 Å². The van der Waals surface area contributed by atoms with Crippen LogP contribution in [0.3, 0.4) is 0 Å². The molecule has 1 saturated carbocycles. The normalized spacial score (nSPS) is 13.5. The average Bonchev–Trinajstić information content (AvgIpc) is 3.51. The highest BCUT2D eigenvalue weighted by molar-refractivity contribution is 5.96. The summed E-state index contributed by atoms with van der Waals surface area (Å²) in [4.78, 5) is 28.3. The molecule has 4 N–H and O–H groups in total. The lowest BCUT2D eigenvalue weighted by Crippen LogP contribution is -2.29. The van der Waals surface area contributed by atoms with Crippen LogP contribution >= 0.6 is 0 Å². The van der Waals surface area contributed by atoms with Gasteiger partial charge in [0.25, 0.3) is 12.3 Å². The van der Waals surface area contributed by atoms with Crippen molar-refractivity contribution in [1.82, 2.24) is 10.3 Å². The molecule has 1 aliphatic rings. The van der Waals surface area contributed by atoms with Gasteiger partial charge in [0.1, 0.15) is 0 Å². The Balaban J connectivity index is 1.80. The summed E-state index contributed by atoms with van der Waals surface area (Å²) in [5, 5.41) is 5.03. The Hall–Kier alpha value is -2.87. The molecule has 1 aromatic carbocycles. The smallest absolute Gasteiger partial charge is 0.255 e. The predicted octanol–water partition coefficient (Wildman–Crippen LogP) is 2.55. The minimum Gasteiger partial charge on any atom is -0.346 e. The fourth-order valence-electron chi connectivity index (χ4n) is 2.66. The van der Waals surface area contributed by atoms with Crippen LogP contribution in [0.4, 0.5) is 14.5 Å². The molecule has 1 aromatic heterocycles. The second-order valence-corrected chi connectivity index (χ2v) is 6.37. The van der Waals surface area contributed by atoms with E-state index in [4.69, 9.17) is 5.73 Å². The summed E-state index contributed by atoms with van der Waals surface area (Å²) in [5.74, 6) is -0.502. The van der Waals surface area contributed by atoms with Gasteiger partial charge in [-0.05, 0) is 42.7 Å². The van der Waals surface area contributed by atoms with Gasteiger partial charge in [-0.1, -0.05) is 6.07 Å². The number of hydrogen-bond acceptors (Lipinski definition) is 4. The van der Waals surface area contributed by atoms with Gasteiger partial charge in [-0.2, -0.15) is 0 Å². The molecule has 2 amide bonds. The van der Waals surface area contributed by atoms with Gasteiger partial charge in [0.05, 0.1) is 12.2 Å². The standard InChI is InChI=1S/C19H20F2N4O2/c20-17(21)10-24-19(27)15-4-3-12(7-13(15)9-22)16-8-14(5-6-23-16)25-18(26)11-1-2-11/h3-8,11,17H,1-2,9-10,22H2,(H,24,27)(H,23,25,26). The topological polar surface area (TPSA) is 97.1 Å². The number of nitrogens with one attached hydrogen (secondary N) is 2. The molecule has 1 heterocycles. The van der Waals surface area contributed by atoms with Crippen LogP contribution in [0.1, 0.15) is 28.8 Å². The second-order valence-electron chi connectivity index (χ2n) is 6.37. The second kappa shape index (κ2) is 8.22. The first-order valence-electron chi connectivity index (χ1n) is 8.64. The van der Waals surface area contributed by atoms with E-state index < -0.39 is 18.9 Å². The van der Waals surface area contributed by atoms with Crippen LogP contribution in [-0.4, -0.2) is 29.8 Å². The third kappa shape index (κ3) is 4.85. The predicted molar refractivity (Wildman–Crippen MR) is 97.3 cm³/mol. The molecule has 0 spiro atoms. The molecule has 1 fully saturated rings. The van der Waals surface area contributed by atoms with Crippen LogP contribution in [0.15, 0.2) is 36.5 Å². The molecule has 0 unspecified atom stereocenters. The van der Waals surface area contributed by atoms with E-state index in [0.29, 0.717) is 22.5 Å². The fraction of sp³-hybridized carbons (Fsp3) is 0.316. The van der Waals surface area contributed by atoms with Crippen molar-refractivity contribution in [3.63, 3.8) is 0 Å². The lowest BCUT2D eigenvalue weighted by Gasteiger charge is -2.11. The van der Waals surface area contributed by atoms with E-state index >= 15 is 0 Å². The van der Waals surface area contributed by atoms with Crippen molar-refractivity contribution in [1.29, 1.82) is 0 Å². The summed E-state index contributed by atoms with van der Waals surface area (Å²) in [6, 6.07) is 8.36. The molecule has 0 radical (unpaired) electrons. The first-order valence-corrected chi connectivity index (χ1v) is 8.64. The minimum atomic E-state index is -2.62. The Morgan fingerprint density at radius 1 is 1.22 bits per heavy atom. The van der Waals surface area contributed by atoms with Gasteiger partial charge >= 0.3 is 0 Å². The third-order valence-electron chi connectivity index (χ3n) is 4.26. The number of nitrogens with two attached hydrogens (primary N) is 1. The van der Waals surface area contributed by atoms with E-state index in [1.165, 1.54) is 6.07 Å². The molecule has 142 valence electrons. The number of aromatic nitrogens is 1. The lowest BCUT2D eigenvalue weighted by atomic mass is 10.0. The maximum absolute atomic E-state index is 12.3. The summed E-state index contributed by atoms with van der Waals surface area (Å²) in [7, 11) is 0. The molecule has 0 saturated heterocycles. The van der Waals surface area contributed by atoms with Crippen molar-refractivity contribution in [3.05, 3.63) is 47.7 Å². The number of carbonyl (C=O) groups excluding carboxylic acids is 2. The molecular weight excluding hydrogens is 354 g/mol. The molecule has 6 nitrogen and oxygen atoms in total. The van der Waals surface area contributed by atoms with Crippen LogP contribution in [0.25, 0.3) is 11.3 Å². The van der Waals surface area contributed by atoms with Crippen LogP contribution < -0.4 is 16.4 Å². The maximum Gasteiger partial charge on any atom is 0.255 e. The molecule has 2 aromatic rings. The van der Waals surface area contributed by atoms with Gasteiger partial charge in [-0.15, -0.1) is 0 Å². The summed E-state index contributed by atoms with van der Waals surface area (Å²) >= 11 is 0. The first-order chi connectivity index (χ1) is 13.0. The molecule has 1 aliphatic carbocycles. The monoisotopic (exact) mass is 374 g/mol. The molecule has 8 heteroatoms. The van der Waals surface area contributed by atoms with Crippen LogP contribution in [0, 0.1) is 5.92 Å². The van der Waals surface area contributed by atoms with E-state index in [2.05, 4.69) is 15.6 Å². The van der Waals surface area contributed by atoms with Crippen LogP contribution in [0.2, 0.25) is 0 Å². The summed E-state index contributed by atoms with van der Waals surface area (Å²) in [6.07, 6.45) is 0.799. The van der Waals surface area contributed by atoms with Crippen molar-refractivity contribution < 1.29 is 18.4 Å². The summed E-state index contributed by atoms with van der Waals surface area (Å²) < 4.78 is 24.6. The van der Waals surface area contributed by atoms with Crippen molar-refractivity contribution in [3.8, 4) is 11.3 Å². The zero-order chi connectivity index (χ0) is 19.4. The molecule has 0 aliphatic heterocycles. The number of nitrogens with zero attached hydrogens (tertiary/aromatic N) is 1. The van der Waals surface area contributed by atoms with Gasteiger partial charge < -0.3 is 16.4 Å². The van der Waals surface area contributed by atoms with Gasteiger partial charge in [-0.25, -0.2) is 8.78 Å². The van der Waals surface area contributed by atoms with Crippen molar-refractivity contribution in [2.75, 3.05) is 11.9 Å². The highest BCUT2D eigenvalue weighted by Gasteiger charge is 2.29. The number of hydrogen-bond donors (Lipinski definition) is 3. The Bertz CT molecular complexity index is 853. The number of alkyl halides is 2. The highest BCUT2D eigenvalue weighted by atomic mass is 19.3. The van der Waals surface area contributed by atoms with E-state index in [1.54, 1.807) is 30.5 Å². The quantitative estimate of drug-likeness (QED) is 0.694. The van der Waals surface area contributed by atoms with E-state index in [1.807, 2.05) is 0 Å². The minimum absolute atomic E-state index is 0.000784. The lowest BCUT2D eigenvalue weighted by molar-refractivity contribution is -0.117. The number of halogens is 2. The molecule has 0 atom stereocenters. The Kier molecular flexibility index (Phi) is 5.75. The SMILES string of the molecule is NCc1cc(-c2cc(NC(=O)C3CC3)ccn2)ccc1C(=O)NCC(F)F. The van der Waals surface area contributed by atoms with E-state index in [0.717, 1.165) is 12.8 Å². The van der Waals surface area contributed by atoms with Crippen molar-refractivity contribution in [2.45, 2.75) is 25.8 Å². The number of amides is 2. The maximum atomic E-state index is 12.3. The fourth-order valence-corrected chi connectivity index (χ4v) is 2.66. The molecular formula is C19H20F2N4O2. The summed E-state index contributed by atoms with van der Waals surface area (Å²) in [6.45, 7) is -0.641. The third-order valence-corrected chi connectivity index (χ3v) is 4.26. The van der Waals surface area contributed by atoms with Gasteiger partial charge in [-0.3, -0.25) is 14.6 Å². The van der Waals surface area contributed by atoms with Gasteiger partial charge in [0.15, 0.2) is 0 Å². The van der Waals surface area contributed by atoms with Gasteiger partial charge in [0.2, 0.25) is 5.91 Å². The Morgan fingerprint density at radius 2 is 2.00 bits per heavy atom. The molecule has 0 bridgehead atoms. The average molecular weight is 374 g/mol.